The Morgan fingerprint density at radius 1 is 1.00 bits per heavy atom. The molecule has 8 nitrogen and oxygen atoms in total. The molecule has 1 aliphatic rings. The van der Waals surface area contributed by atoms with Crippen molar-refractivity contribution >= 4 is 32.6 Å². The van der Waals surface area contributed by atoms with Crippen molar-refractivity contribution in [3.8, 4) is 5.75 Å². The van der Waals surface area contributed by atoms with Crippen LogP contribution in [0.15, 0.2) is 87.0 Å². The first-order chi connectivity index (χ1) is 15.4. The molecule has 0 saturated heterocycles. The van der Waals surface area contributed by atoms with E-state index < -0.39 is 21.6 Å². The lowest BCUT2D eigenvalue weighted by molar-refractivity contribution is 0.476. The van der Waals surface area contributed by atoms with Gasteiger partial charge in [0.25, 0.3) is 15.6 Å². The average molecular weight is 446 g/mol. The van der Waals surface area contributed by atoms with E-state index in [1.54, 1.807) is 30.3 Å². The number of benzene rings is 2. The standard InChI is InChI=1S/C23H18N4O4S/c1-14(15-8-3-2-4-9-15)27-22-16(10-7-13-24-22)20(28)19(23(27)29)21-25-17-11-5-6-12-18(17)32(30,31)26-21/h2-14,28H,1H3,(H,25,26)/t14-/m0/s1. The van der Waals surface area contributed by atoms with Crippen LogP contribution in [-0.4, -0.2) is 28.9 Å². The Morgan fingerprint density at radius 3 is 2.50 bits per heavy atom. The zero-order valence-corrected chi connectivity index (χ0v) is 17.7. The van der Waals surface area contributed by atoms with E-state index in [2.05, 4.69) is 14.7 Å². The quantitative estimate of drug-likeness (QED) is 0.499. The molecular weight excluding hydrogens is 428 g/mol. The fourth-order valence-electron chi connectivity index (χ4n) is 3.90. The number of nitrogens with one attached hydrogen (secondary N) is 1. The van der Waals surface area contributed by atoms with Gasteiger partial charge in [0.2, 0.25) is 0 Å². The Bertz CT molecular complexity index is 1560. The first kappa shape index (κ1) is 20.0. The van der Waals surface area contributed by atoms with E-state index in [1.165, 1.54) is 16.8 Å². The van der Waals surface area contributed by atoms with Gasteiger partial charge in [-0.15, -0.1) is 4.40 Å². The Balaban J connectivity index is 1.81. The maximum atomic E-state index is 13.7. The molecule has 2 aromatic carbocycles. The number of aromatic nitrogens is 2. The molecule has 2 N–H and O–H groups in total. The predicted molar refractivity (Wildman–Crippen MR) is 122 cm³/mol. The maximum absolute atomic E-state index is 13.7. The van der Waals surface area contributed by atoms with Crippen molar-refractivity contribution in [3.63, 3.8) is 0 Å². The van der Waals surface area contributed by atoms with Crippen LogP contribution < -0.4 is 10.9 Å². The summed E-state index contributed by atoms with van der Waals surface area (Å²) in [7, 11) is -4.06. The highest BCUT2D eigenvalue weighted by molar-refractivity contribution is 7.90. The number of anilines is 1. The Labute approximate surface area is 183 Å². The molecular formula is C23H18N4O4S. The van der Waals surface area contributed by atoms with Crippen LogP contribution in [0.1, 0.15) is 24.1 Å². The topological polar surface area (TPSA) is 114 Å². The molecule has 4 aromatic rings. The smallest absolute Gasteiger partial charge is 0.286 e. The summed E-state index contributed by atoms with van der Waals surface area (Å²) in [6.07, 6.45) is 1.53. The van der Waals surface area contributed by atoms with E-state index >= 15 is 0 Å². The van der Waals surface area contributed by atoms with Crippen molar-refractivity contribution in [1.82, 2.24) is 9.55 Å². The third-order valence-corrected chi connectivity index (χ3v) is 6.81. The van der Waals surface area contributed by atoms with Crippen molar-refractivity contribution in [2.45, 2.75) is 17.9 Å². The van der Waals surface area contributed by atoms with Gasteiger partial charge in [0.05, 0.1) is 17.1 Å². The summed E-state index contributed by atoms with van der Waals surface area (Å²) in [4.78, 5) is 18.0. The average Bonchev–Trinajstić information content (AvgIpc) is 2.79. The lowest BCUT2D eigenvalue weighted by atomic mass is 10.1. The van der Waals surface area contributed by atoms with Gasteiger partial charge in [0.15, 0.2) is 5.84 Å². The number of fused-ring (bicyclic) bond motifs is 2. The second-order valence-corrected chi connectivity index (χ2v) is 8.97. The zero-order chi connectivity index (χ0) is 22.5. The molecule has 0 fully saturated rings. The minimum atomic E-state index is -4.06. The lowest BCUT2D eigenvalue weighted by Crippen LogP contribution is -2.34. The fourth-order valence-corrected chi connectivity index (χ4v) is 5.03. The third kappa shape index (κ3) is 3.05. The van der Waals surface area contributed by atoms with Crippen molar-refractivity contribution in [3.05, 3.63) is 94.4 Å². The number of pyridine rings is 2. The van der Waals surface area contributed by atoms with Crippen LogP contribution in [0.5, 0.6) is 5.75 Å². The van der Waals surface area contributed by atoms with Crippen LogP contribution in [0.25, 0.3) is 11.0 Å². The molecule has 0 radical (unpaired) electrons. The number of hydrogen-bond donors (Lipinski definition) is 2. The molecule has 3 heterocycles. The summed E-state index contributed by atoms with van der Waals surface area (Å²) in [5, 5.41) is 14.2. The second-order valence-electron chi connectivity index (χ2n) is 7.40. The highest BCUT2D eigenvalue weighted by Crippen LogP contribution is 2.33. The van der Waals surface area contributed by atoms with E-state index in [4.69, 9.17) is 0 Å². The zero-order valence-electron chi connectivity index (χ0n) is 16.9. The van der Waals surface area contributed by atoms with E-state index in [0.717, 1.165) is 5.56 Å². The molecule has 0 aliphatic carbocycles. The van der Waals surface area contributed by atoms with Crippen molar-refractivity contribution in [2.75, 3.05) is 5.32 Å². The maximum Gasteiger partial charge on any atom is 0.286 e. The van der Waals surface area contributed by atoms with Crippen LogP contribution in [0.3, 0.4) is 0 Å². The molecule has 0 bridgehead atoms. The molecule has 160 valence electrons. The third-order valence-electron chi connectivity index (χ3n) is 5.48. The number of nitrogens with zero attached hydrogens (tertiary/aromatic N) is 3. The molecule has 0 spiro atoms. The van der Waals surface area contributed by atoms with Gasteiger partial charge in [-0.05, 0) is 36.8 Å². The summed E-state index contributed by atoms with van der Waals surface area (Å²) in [6.45, 7) is 1.84. The molecule has 9 heteroatoms. The van der Waals surface area contributed by atoms with Gasteiger partial charge in [-0.25, -0.2) is 4.98 Å². The highest BCUT2D eigenvalue weighted by Gasteiger charge is 2.30. The van der Waals surface area contributed by atoms with Gasteiger partial charge in [-0.3, -0.25) is 9.36 Å². The largest absolute Gasteiger partial charge is 0.506 e. The van der Waals surface area contributed by atoms with Crippen LogP contribution >= 0.6 is 0 Å². The number of amidine groups is 1. The first-order valence-corrected chi connectivity index (χ1v) is 11.3. The lowest BCUT2D eigenvalue weighted by Gasteiger charge is -2.22. The van der Waals surface area contributed by atoms with Gasteiger partial charge >= 0.3 is 0 Å². The van der Waals surface area contributed by atoms with Crippen LogP contribution in [0.4, 0.5) is 5.69 Å². The molecule has 0 unspecified atom stereocenters. The minimum absolute atomic E-state index is 0.00340. The van der Waals surface area contributed by atoms with Gasteiger partial charge in [-0.2, -0.15) is 8.42 Å². The van der Waals surface area contributed by atoms with E-state index in [9.17, 15) is 18.3 Å². The van der Waals surface area contributed by atoms with Crippen LogP contribution in [0.2, 0.25) is 0 Å². The molecule has 1 atom stereocenters. The molecule has 0 amide bonds. The monoisotopic (exact) mass is 446 g/mol. The van der Waals surface area contributed by atoms with Gasteiger partial charge in [0.1, 0.15) is 21.9 Å². The second kappa shape index (κ2) is 7.31. The Morgan fingerprint density at radius 2 is 1.72 bits per heavy atom. The molecule has 32 heavy (non-hydrogen) atoms. The normalized spacial score (nSPS) is 15.5. The summed E-state index contributed by atoms with van der Waals surface area (Å²) in [6, 6.07) is 18.5. The van der Waals surface area contributed by atoms with E-state index in [1.807, 2.05) is 37.3 Å². The number of sulfonamides is 1. The van der Waals surface area contributed by atoms with Crippen LogP contribution in [-0.2, 0) is 10.0 Å². The Kier molecular flexibility index (Phi) is 4.56. The molecule has 0 saturated carbocycles. The first-order valence-electron chi connectivity index (χ1n) is 9.87. The van der Waals surface area contributed by atoms with Gasteiger partial charge in [-0.1, -0.05) is 42.5 Å². The number of hydrogen-bond acceptors (Lipinski definition) is 6. The molecule has 5 rings (SSSR count). The van der Waals surface area contributed by atoms with Crippen molar-refractivity contribution in [1.29, 1.82) is 0 Å². The fraction of sp³-hybridized carbons (Fsp3) is 0.0870. The minimum Gasteiger partial charge on any atom is -0.506 e. The molecule has 2 aromatic heterocycles. The van der Waals surface area contributed by atoms with Gasteiger partial charge in [0, 0.05) is 6.20 Å². The van der Waals surface area contributed by atoms with Crippen LogP contribution in [0, 0.1) is 0 Å². The predicted octanol–water partition coefficient (Wildman–Crippen LogP) is 3.27. The highest BCUT2D eigenvalue weighted by atomic mass is 32.2. The summed E-state index contributed by atoms with van der Waals surface area (Å²) in [5.41, 5.74) is 0.590. The summed E-state index contributed by atoms with van der Waals surface area (Å²) < 4.78 is 30.8. The Hall–Kier alpha value is -3.98. The van der Waals surface area contributed by atoms with E-state index in [0.29, 0.717) is 5.39 Å². The number of aromatic hydroxyl groups is 1. The van der Waals surface area contributed by atoms with Gasteiger partial charge < -0.3 is 10.4 Å². The summed E-state index contributed by atoms with van der Waals surface area (Å²) in [5.74, 6) is -0.610. The summed E-state index contributed by atoms with van der Waals surface area (Å²) >= 11 is 0. The van der Waals surface area contributed by atoms with E-state index in [-0.39, 0.29) is 33.4 Å². The van der Waals surface area contributed by atoms with Crippen molar-refractivity contribution < 1.29 is 13.5 Å². The SMILES string of the molecule is C[C@@H](c1ccccc1)n1c(=O)c(C2=NS(=O)(=O)c3ccccc3N2)c(O)c2cccnc21. The molecule has 1 aliphatic heterocycles. The van der Waals surface area contributed by atoms with Crippen molar-refractivity contribution in [2.24, 2.45) is 4.40 Å². The number of para-hydroxylation sites is 1. The number of rotatable bonds is 3.